The lowest BCUT2D eigenvalue weighted by atomic mass is 9.79. The van der Waals surface area contributed by atoms with E-state index < -0.39 is 17.9 Å². The number of allylic oxidation sites excluding steroid dienone is 1. The molecule has 28 heavy (non-hydrogen) atoms. The van der Waals surface area contributed by atoms with Gasteiger partial charge < -0.3 is 14.0 Å². The molecule has 0 saturated heterocycles. The van der Waals surface area contributed by atoms with Gasteiger partial charge in [0.25, 0.3) is 6.04 Å². The quantitative estimate of drug-likeness (QED) is 0.591. The van der Waals surface area contributed by atoms with Crippen LogP contribution in [0.3, 0.4) is 0 Å². The summed E-state index contributed by atoms with van der Waals surface area (Å²) in [5.41, 5.74) is 2.35. The van der Waals surface area contributed by atoms with E-state index >= 15 is 0 Å². The van der Waals surface area contributed by atoms with Crippen molar-refractivity contribution in [2.75, 3.05) is 6.61 Å². The Morgan fingerprint density at radius 3 is 2.75 bits per heavy atom. The lowest BCUT2D eigenvalue weighted by Crippen LogP contribution is -2.32. The molecule has 2 aromatic rings. The summed E-state index contributed by atoms with van der Waals surface area (Å²) in [5, 5.41) is 0.422. The van der Waals surface area contributed by atoms with Gasteiger partial charge in [0.15, 0.2) is 5.43 Å². The Kier molecular flexibility index (Phi) is 5.46. The molecule has 0 radical (unpaired) electrons. The number of esters is 1. The third kappa shape index (κ3) is 3.36. The molecule has 3 rings (SSSR count). The molecule has 0 bridgehead atoms. The van der Waals surface area contributed by atoms with Gasteiger partial charge in [0.1, 0.15) is 17.3 Å². The fraction of sp³-hybridized carbons (Fsp3) is 0.364. The maximum atomic E-state index is 12.8. The predicted molar refractivity (Wildman–Crippen MR) is 107 cm³/mol. The van der Waals surface area contributed by atoms with Crippen molar-refractivity contribution in [1.29, 1.82) is 0 Å². The van der Waals surface area contributed by atoms with Crippen LogP contribution >= 0.6 is 0 Å². The van der Waals surface area contributed by atoms with Gasteiger partial charge in [-0.2, -0.15) is 0 Å². The molecule has 0 aliphatic carbocycles. The number of benzene rings is 1. The van der Waals surface area contributed by atoms with Crippen molar-refractivity contribution >= 4 is 22.7 Å². The largest absolute Gasteiger partial charge is 0.462 e. The summed E-state index contributed by atoms with van der Waals surface area (Å²) >= 11 is 0. The standard InChI is InChI=1S/C22H22N2O4/c1-6-10-27-22(26)18-13(3)24-14(4)20(23-5)19(18)16-9-7-8-15-17(25)11-12(2)28-21(15)16/h7-9,11,19-20H,6,10H2,1-4H3. The first kappa shape index (κ1) is 19.6. The molecule has 0 saturated carbocycles. The van der Waals surface area contributed by atoms with E-state index in [-0.39, 0.29) is 12.0 Å². The average molecular weight is 378 g/mol. The van der Waals surface area contributed by atoms with E-state index in [1.54, 1.807) is 39.0 Å². The van der Waals surface area contributed by atoms with Gasteiger partial charge in [-0.05, 0) is 33.3 Å². The maximum Gasteiger partial charge on any atom is 0.336 e. The summed E-state index contributed by atoms with van der Waals surface area (Å²) in [4.78, 5) is 33.4. The van der Waals surface area contributed by atoms with Crippen LogP contribution in [0.5, 0.6) is 0 Å². The highest BCUT2D eigenvalue weighted by atomic mass is 16.5. The second-order valence-electron chi connectivity index (χ2n) is 6.89. The number of carbonyl (C=O) groups is 1. The number of hydrogen-bond acceptors (Lipinski definition) is 5. The van der Waals surface area contributed by atoms with Gasteiger partial charge in [0, 0.05) is 17.3 Å². The molecule has 2 heterocycles. The van der Waals surface area contributed by atoms with E-state index in [9.17, 15) is 9.59 Å². The molecule has 144 valence electrons. The van der Waals surface area contributed by atoms with E-state index in [2.05, 4.69) is 9.84 Å². The number of hydrogen-bond donors (Lipinski definition) is 0. The van der Waals surface area contributed by atoms with Crippen molar-refractivity contribution in [2.24, 2.45) is 4.99 Å². The van der Waals surface area contributed by atoms with Crippen LogP contribution in [0, 0.1) is 13.5 Å². The predicted octanol–water partition coefficient (Wildman–Crippen LogP) is 4.17. The number of aryl methyl sites for hydroxylation is 1. The minimum absolute atomic E-state index is 0.156. The lowest BCUT2D eigenvalue weighted by molar-refractivity contribution is -0.139. The first-order chi connectivity index (χ1) is 13.4. The van der Waals surface area contributed by atoms with Crippen molar-refractivity contribution < 1.29 is 13.9 Å². The van der Waals surface area contributed by atoms with Crippen LogP contribution in [0.4, 0.5) is 0 Å². The lowest BCUT2D eigenvalue weighted by Gasteiger charge is -2.26. The fourth-order valence-corrected chi connectivity index (χ4v) is 3.62. The summed E-state index contributed by atoms with van der Waals surface area (Å²) < 4.78 is 11.3. The zero-order valence-corrected chi connectivity index (χ0v) is 16.4. The monoisotopic (exact) mass is 378 g/mol. The minimum atomic E-state index is -0.677. The van der Waals surface area contributed by atoms with Crippen LogP contribution in [0.2, 0.25) is 0 Å². The van der Waals surface area contributed by atoms with Crippen LogP contribution in [0.25, 0.3) is 15.8 Å². The Morgan fingerprint density at radius 2 is 2.07 bits per heavy atom. The Morgan fingerprint density at radius 1 is 1.32 bits per heavy atom. The van der Waals surface area contributed by atoms with Crippen molar-refractivity contribution in [3.8, 4) is 0 Å². The number of rotatable bonds is 4. The van der Waals surface area contributed by atoms with Crippen LogP contribution < -0.4 is 5.43 Å². The molecule has 1 aromatic heterocycles. The molecule has 0 N–H and O–H groups in total. The molecular weight excluding hydrogens is 356 g/mol. The number of para-hydroxylation sites is 1. The molecule has 1 aliphatic heterocycles. The highest BCUT2D eigenvalue weighted by Gasteiger charge is 2.43. The summed E-state index contributed by atoms with van der Waals surface area (Å²) in [6.45, 7) is 15.1. The second kappa shape index (κ2) is 7.81. The third-order valence-corrected chi connectivity index (χ3v) is 4.83. The molecule has 0 fully saturated rings. The molecule has 1 aliphatic rings. The van der Waals surface area contributed by atoms with E-state index in [1.807, 2.05) is 6.92 Å². The average Bonchev–Trinajstić information content (AvgIpc) is 2.65. The van der Waals surface area contributed by atoms with E-state index in [1.165, 1.54) is 6.07 Å². The number of aliphatic imine (C=N–C) groups is 1. The Bertz CT molecular complexity index is 1100. The summed E-state index contributed by atoms with van der Waals surface area (Å²) in [6.07, 6.45) is 0.694. The number of fused-ring (bicyclic) bond motifs is 1. The van der Waals surface area contributed by atoms with Crippen molar-refractivity contribution in [3.63, 3.8) is 0 Å². The van der Waals surface area contributed by atoms with Gasteiger partial charge in [-0.1, -0.05) is 19.1 Å². The van der Waals surface area contributed by atoms with Crippen molar-refractivity contribution in [1.82, 2.24) is 0 Å². The number of ether oxygens (including phenoxy) is 1. The van der Waals surface area contributed by atoms with Crippen LogP contribution in [0.1, 0.15) is 44.4 Å². The van der Waals surface area contributed by atoms with Crippen molar-refractivity contribution in [3.05, 3.63) is 68.5 Å². The van der Waals surface area contributed by atoms with Gasteiger partial charge in [0.2, 0.25) is 0 Å². The molecule has 6 heteroatoms. The smallest absolute Gasteiger partial charge is 0.336 e. The summed E-state index contributed by atoms with van der Waals surface area (Å²) in [7, 11) is 0. The Balaban J connectivity index is 2.29. The minimum Gasteiger partial charge on any atom is -0.462 e. The molecule has 0 spiro atoms. The molecule has 2 unspecified atom stereocenters. The van der Waals surface area contributed by atoms with Gasteiger partial charge in [-0.3, -0.25) is 9.79 Å². The van der Waals surface area contributed by atoms with Crippen LogP contribution in [-0.4, -0.2) is 24.3 Å². The molecule has 2 atom stereocenters. The Labute approximate surface area is 163 Å². The van der Waals surface area contributed by atoms with E-state index in [0.717, 1.165) is 0 Å². The van der Waals surface area contributed by atoms with Crippen LogP contribution in [-0.2, 0) is 9.53 Å². The molecule has 1 aromatic carbocycles. The van der Waals surface area contributed by atoms with Gasteiger partial charge in [-0.25, -0.2) is 11.4 Å². The van der Waals surface area contributed by atoms with E-state index in [4.69, 9.17) is 15.7 Å². The Hall–Kier alpha value is -3.20. The third-order valence-electron chi connectivity index (χ3n) is 4.83. The first-order valence-electron chi connectivity index (χ1n) is 9.22. The second-order valence-corrected chi connectivity index (χ2v) is 6.89. The fourth-order valence-electron chi connectivity index (χ4n) is 3.62. The van der Waals surface area contributed by atoms with Gasteiger partial charge in [0.05, 0.1) is 23.3 Å². The summed E-state index contributed by atoms with van der Waals surface area (Å²) in [5.74, 6) is -0.629. The number of nitrogens with zero attached hydrogens (tertiary/aromatic N) is 2. The number of carbonyl (C=O) groups excluding carboxylic acids is 1. The zero-order chi connectivity index (χ0) is 20.4. The van der Waals surface area contributed by atoms with Gasteiger partial charge in [-0.15, -0.1) is 0 Å². The SMILES string of the molecule is [C-]#[N+]C1C(C)=NC(C)=C(C(=O)OCCC)C1c1cccc2c(=O)cc(C)oc12. The van der Waals surface area contributed by atoms with Crippen molar-refractivity contribution in [2.45, 2.75) is 46.1 Å². The maximum absolute atomic E-state index is 12.8. The first-order valence-corrected chi connectivity index (χ1v) is 9.22. The summed E-state index contributed by atoms with van der Waals surface area (Å²) in [6, 6.07) is 5.99. The van der Waals surface area contributed by atoms with Gasteiger partial charge >= 0.3 is 5.97 Å². The highest BCUT2D eigenvalue weighted by Crippen LogP contribution is 2.40. The van der Waals surface area contributed by atoms with Crippen LogP contribution in [0.15, 0.2) is 49.7 Å². The molecule has 0 amide bonds. The highest BCUT2D eigenvalue weighted by molar-refractivity contribution is 6.01. The zero-order valence-electron chi connectivity index (χ0n) is 16.4. The van der Waals surface area contributed by atoms with E-state index in [0.29, 0.717) is 45.7 Å². The molecule has 6 nitrogen and oxygen atoms in total. The topological polar surface area (TPSA) is 73.2 Å². The molecular formula is C22H22N2O4. The normalized spacial score (nSPS) is 19.3.